The van der Waals surface area contributed by atoms with Crippen LogP contribution < -0.4 is 10.5 Å². The standard InChI is InChI=1S/C13H20N2O2/c1-17-13-7-11(14)5-4-10(13)8-15-6-2-3-12(16)9-15/h4-5,7,12,16H,2-3,6,8-9,14H2,1H3. The van der Waals surface area contributed by atoms with E-state index >= 15 is 0 Å². The molecule has 0 bridgehead atoms. The first-order chi connectivity index (χ1) is 8.19. The number of ether oxygens (including phenoxy) is 1. The van der Waals surface area contributed by atoms with Crippen molar-refractivity contribution in [2.45, 2.75) is 25.5 Å². The average molecular weight is 236 g/mol. The Morgan fingerprint density at radius 2 is 2.35 bits per heavy atom. The summed E-state index contributed by atoms with van der Waals surface area (Å²) in [5.41, 5.74) is 7.56. The Kier molecular flexibility index (Phi) is 3.86. The van der Waals surface area contributed by atoms with Gasteiger partial charge in [0, 0.05) is 30.4 Å². The summed E-state index contributed by atoms with van der Waals surface area (Å²) < 4.78 is 5.33. The fourth-order valence-corrected chi connectivity index (χ4v) is 2.31. The molecule has 4 nitrogen and oxygen atoms in total. The van der Waals surface area contributed by atoms with E-state index in [1.54, 1.807) is 7.11 Å². The molecule has 94 valence electrons. The molecule has 4 heteroatoms. The molecule has 0 radical (unpaired) electrons. The molecule has 1 aliphatic heterocycles. The van der Waals surface area contributed by atoms with Crippen LogP contribution in [0.3, 0.4) is 0 Å². The average Bonchev–Trinajstić information content (AvgIpc) is 2.31. The summed E-state index contributed by atoms with van der Waals surface area (Å²) >= 11 is 0. The highest BCUT2D eigenvalue weighted by Crippen LogP contribution is 2.24. The van der Waals surface area contributed by atoms with Gasteiger partial charge in [-0.2, -0.15) is 0 Å². The summed E-state index contributed by atoms with van der Waals surface area (Å²) in [6, 6.07) is 5.73. The molecule has 1 atom stereocenters. The first-order valence-corrected chi connectivity index (χ1v) is 6.02. The van der Waals surface area contributed by atoms with E-state index in [0.29, 0.717) is 5.69 Å². The van der Waals surface area contributed by atoms with Crippen molar-refractivity contribution in [2.24, 2.45) is 0 Å². The second-order valence-corrected chi connectivity index (χ2v) is 4.60. The molecule has 1 saturated heterocycles. The molecule has 1 aromatic carbocycles. The van der Waals surface area contributed by atoms with Crippen LogP contribution in [0.2, 0.25) is 0 Å². The lowest BCUT2D eigenvalue weighted by molar-refractivity contribution is 0.0664. The first kappa shape index (κ1) is 12.2. The predicted octanol–water partition coefficient (Wildman–Crippen LogP) is 1.23. The molecule has 2 rings (SSSR count). The fourth-order valence-electron chi connectivity index (χ4n) is 2.31. The van der Waals surface area contributed by atoms with Gasteiger partial charge in [0.15, 0.2) is 0 Å². The maximum Gasteiger partial charge on any atom is 0.125 e. The van der Waals surface area contributed by atoms with Crippen molar-refractivity contribution in [3.05, 3.63) is 23.8 Å². The monoisotopic (exact) mass is 236 g/mol. The van der Waals surface area contributed by atoms with Gasteiger partial charge >= 0.3 is 0 Å². The van der Waals surface area contributed by atoms with Crippen LogP contribution in [0.1, 0.15) is 18.4 Å². The summed E-state index contributed by atoms with van der Waals surface area (Å²) in [5.74, 6) is 0.824. The third-order valence-corrected chi connectivity index (χ3v) is 3.19. The predicted molar refractivity (Wildman–Crippen MR) is 67.9 cm³/mol. The van der Waals surface area contributed by atoms with E-state index in [9.17, 15) is 5.11 Å². The van der Waals surface area contributed by atoms with Crippen LogP contribution in [-0.4, -0.2) is 36.3 Å². The van der Waals surface area contributed by atoms with Crippen LogP contribution in [0, 0.1) is 0 Å². The number of rotatable bonds is 3. The highest BCUT2D eigenvalue weighted by atomic mass is 16.5. The quantitative estimate of drug-likeness (QED) is 0.775. The number of nitrogens with zero attached hydrogens (tertiary/aromatic N) is 1. The van der Waals surface area contributed by atoms with Crippen LogP contribution in [-0.2, 0) is 6.54 Å². The molecule has 0 saturated carbocycles. The SMILES string of the molecule is COc1cc(N)ccc1CN1CCCC(O)C1. The number of aliphatic hydroxyl groups is 1. The van der Waals surface area contributed by atoms with Gasteiger partial charge in [0.1, 0.15) is 5.75 Å². The largest absolute Gasteiger partial charge is 0.496 e. The van der Waals surface area contributed by atoms with Gasteiger partial charge in [-0.05, 0) is 25.5 Å². The summed E-state index contributed by atoms with van der Waals surface area (Å²) in [7, 11) is 1.66. The normalized spacial score (nSPS) is 21.4. The Morgan fingerprint density at radius 3 is 3.06 bits per heavy atom. The van der Waals surface area contributed by atoms with Gasteiger partial charge in [0.2, 0.25) is 0 Å². The van der Waals surface area contributed by atoms with E-state index < -0.39 is 0 Å². The number of aliphatic hydroxyl groups excluding tert-OH is 1. The molecule has 0 spiro atoms. The molecular weight excluding hydrogens is 216 g/mol. The highest BCUT2D eigenvalue weighted by molar-refractivity contribution is 5.48. The number of methoxy groups -OCH3 is 1. The number of nitrogen functional groups attached to an aromatic ring is 1. The van der Waals surface area contributed by atoms with E-state index in [4.69, 9.17) is 10.5 Å². The molecule has 1 unspecified atom stereocenters. The van der Waals surface area contributed by atoms with Gasteiger partial charge in [-0.3, -0.25) is 4.90 Å². The van der Waals surface area contributed by atoms with Crippen LogP contribution in [0.4, 0.5) is 5.69 Å². The third kappa shape index (κ3) is 3.11. The highest BCUT2D eigenvalue weighted by Gasteiger charge is 2.18. The second kappa shape index (κ2) is 5.38. The Morgan fingerprint density at radius 1 is 1.53 bits per heavy atom. The van der Waals surface area contributed by atoms with Gasteiger partial charge < -0.3 is 15.6 Å². The third-order valence-electron chi connectivity index (χ3n) is 3.19. The van der Waals surface area contributed by atoms with Gasteiger partial charge in [0.05, 0.1) is 13.2 Å². The van der Waals surface area contributed by atoms with E-state index in [1.165, 1.54) is 0 Å². The molecule has 3 N–H and O–H groups in total. The molecule has 17 heavy (non-hydrogen) atoms. The zero-order chi connectivity index (χ0) is 12.3. The van der Waals surface area contributed by atoms with E-state index in [1.807, 2.05) is 18.2 Å². The molecule has 1 aliphatic rings. The number of nitrogens with two attached hydrogens (primary N) is 1. The van der Waals surface area contributed by atoms with Crippen LogP contribution >= 0.6 is 0 Å². The molecule has 1 fully saturated rings. The lowest BCUT2D eigenvalue weighted by Gasteiger charge is -2.30. The molecule has 0 amide bonds. The van der Waals surface area contributed by atoms with E-state index in [0.717, 1.165) is 43.8 Å². The van der Waals surface area contributed by atoms with E-state index in [-0.39, 0.29) is 6.10 Å². The van der Waals surface area contributed by atoms with Gasteiger partial charge in [-0.25, -0.2) is 0 Å². The number of anilines is 1. The van der Waals surface area contributed by atoms with Gasteiger partial charge in [0.25, 0.3) is 0 Å². The van der Waals surface area contributed by atoms with Crippen LogP contribution in [0.15, 0.2) is 18.2 Å². The minimum absolute atomic E-state index is 0.191. The van der Waals surface area contributed by atoms with Crippen LogP contribution in [0.5, 0.6) is 5.75 Å². The number of β-amino-alcohol motifs (C(OH)–C–C–N with tert-alkyl or cyclic N) is 1. The zero-order valence-electron chi connectivity index (χ0n) is 10.2. The van der Waals surface area contributed by atoms with Crippen molar-refractivity contribution in [1.82, 2.24) is 4.90 Å². The molecule has 1 aromatic rings. The zero-order valence-corrected chi connectivity index (χ0v) is 10.2. The van der Waals surface area contributed by atoms with Gasteiger partial charge in [-0.1, -0.05) is 6.07 Å². The Labute approximate surface area is 102 Å². The van der Waals surface area contributed by atoms with Crippen molar-refractivity contribution in [1.29, 1.82) is 0 Å². The Hall–Kier alpha value is -1.26. The Bertz CT molecular complexity index is 382. The number of likely N-dealkylation sites (tertiary alicyclic amines) is 1. The van der Waals surface area contributed by atoms with Crippen molar-refractivity contribution in [3.63, 3.8) is 0 Å². The van der Waals surface area contributed by atoms with E-state index in [2.05, 4.69) is 4.90 Å². The fraction of sp³-hybridized carbons (Fsp3) is 0.538. The molecular formula is C13H20N2O2. The summed E-state index contributed by atoms with van der Waals surface area (Å²) in [4.78, 5) is 2.25. The number of benzene rings is 1. The van der Waals surface area contributed by atoms with Crippen LogP contribution in [0.25, 0.3) is 0 Å². The number of piperidine rings is 1. The lowest BCUT2D eigenvalue weighted by atomic mass is 10.1. The number of hydrogen-bond acceptors (Lipinski definition) is 4. The molecule has 0 aliphatic carbocycles. The lowest BCUT2D eigenvalue weighted by Crippen LogP contribution is -2.37. The maximum atomic E-state index is 9.64. The van der Waals surface area contributed by atoms with Crippen molar-refractivity contribution in [3.8, 4) is 5.75 Å². The minimum Gasteiger partial charge on any atom is -0.496 e. The molecule has 0 aromatic heterocycles. The second-order valence-electron chi connectivity index (χ2n) is 4.60. The Balaban J connectivity index is 2.07. The smallest absolute Gasteiger partial charge is 0.125 e. The molecule has 1 heterocycles. The summed E-state index contributed by atoms with van der Waals surface area (Å²) in [5, 5.41) is 9.64. The van der Waals surface area contributed by atoms with Crippen molar-refractivity contribution >= 4 is 5.69 Å². The topological polar surface area (TPSA) is 58.7 Å². The first-order valence-electron chi connectivity index (χ1n) is 6.02. The number of hydrogen-bond donors (Lipinski definition) is 2. The van der Waals surface area contributed by atoms with Crippen molar-refractivity contribution in [2.75, 3.05) is 25.9 Å². The van der Waals surface area contributed by atoms with Crippen molar-refractivity contribution < 1.29 is 9.84 Å². The summed E-state index contributed by atoms with van der Waals surface area (Å²) in [6.07, 6.45) is 1.77. The maximum absolute atomic E-state index is 9.64. The van der Waals surface area contributed by atoms with Gasteiger partial charge in [-0.15, -0.1) is 0 Å². The summed E-state index contributed by atoms with van der Waals surface area (Å²) in [6.45, 7) is 2.58. The minimum atomic E-state index is -0.191.